The number of benzene rings is 1. The largest absolute Gasteiger partial charge is 0.508 e. The van der Waals surface area contributed by atoms with Gasteiger partial charge in [-0.1, -0.05) is 0 Å². The van der Waals surface area contributed by atoms with Crippen molar-refractivity contribution in [1.29, 1.82) is 0 Å². The zero-order chi connectivity index (χ0) is 10.6. The highest BCUT2D eigenvalue weighted by atomic mass is 16.3. The van der Waals surface area contributed by atoms with Gasteiger partial charge in [0.15, 0.2) is 0 Å². The number of phenols is 2. The Bertz CT molecular complexity index is 282. The van der Waals surface area contributed by atoms with Crippen molar-refractivity contribution in [2.45, 2.75) is 18.9 Å². The molecule has 0 radical (unpaired) electrons. The molecule has 0 amide bonds. The predicted molar refractivity (Wildman–Crippen MR) is 55.0 cm³/mol. The molecule has 1 aromatic rings. The second kappa shape index (κ2) is 4.83. The van der Waals surface area contributed by atoms with E-state index in [4.69, 9.17) is 11.5 Å². The molecule has 6 N–H and O–H groups in total. The first-order valence-electron chi connectivity index (χ1n) is 4.62. The van der Waals surface area contributed by atoms with E-state index in [2.05, 4.69) is 0 Å². The summed E-state index contributed by atoms with van der Waals surface area (Å²) < 4.78 is 0. The molecule has 4 nitrogen and oxygen atoms in total. The number of phenolic OH excluding ortho intramolecular Hbond substituents is 2. The van der Waals surface area contributed by atoms with Crippen molar-refractivity contribution in [1.82, 2.24) is 0 Å². The van der Waals surface area contributed by atoms with E-state index in [0.29, 0.717) is 6.54 Å². The molecular weight excluding hydrogens is 180 g/mol. The summed E-state index contributed by atoms with van der Waals surface area (Å²) in [6.07, 6.45) is 1.58. The second-order valence-corrected chi connectivity index (χ2v) is 3.32. The van der Waals surface area contributed by atoms with E-state index in [1.807, 2.05) is 0 Å². The number of rotatable bonds is 4. The molecule has 0 spiro atoms. The van der Waals surface area contributed by atoms with Gasteiger partial charge < -0.3 is 21.7 Å². The van der Waals surface area contributed by atoms with Crippen LogP contribution in [0.25, 0.3) is 0 Å². The Morgan fingerprint density at radius 2 is 1.71 bits per heavy atom. The average molecular weight is 196 g/mol. The summed E-state index contributed by atoms with van der Waals surface area (Å²) in [5.41, 5.74) is 11.9. The van der Waals surface area contributed by atoms with Crippen molar-refractivity contribution in [3.8, 4) is 11.5 Å². The summed E-state index contributed by atoms with van der Waals surface area (Å²) in [7, 11) is 0. The summed E-state index contributed by atoms with van der Waals surface area (Å²) in [4.78, 5) is 0. The predicted octanol–water partition coefficient (Wildman–Crippen LogP) is 0.837. The van der Waals surface area contributed by atoms with Crippen molar-refractivity contribution in [3.63, 3.8) is 0 Å². The monoisotopic (exact) mass is 196 g/mol. The van der Waals surface area contributed by atoms with Crippen LogP contribution in [0.2, 0.25) is 0 Å². The van der Waals surface area contributed by atoms with Gasteiger partial charge in [-0.2, -0.15) is 0 Å². The number of nitrogens with two attached hydrogens (primary N) is 2. The van der Waals surface area contributed by atoms with Crippen molar-refractivity contribution in [2.75, 3.05) is 6.54 Å². The van der Waals surface area contributed by atoms with Gasteiger partial charge >= 0.3 is 0 Å². The van der Waals surface area contributed by atoms with Gasteiger partial charge in [-0.05, 0) is 37.1 Å². The first-order chi connectivity index (χ1) is 6.63. The Labute approximate surface area is 83.2 Å². The molecule has 78 valence electrons. The van der Waals surface area contributed by atoms with Crippen LogP contribution in [0.1, 0.15) is 24.4 Å². The zero-order valence-corrected chi connectivity index (χ0v) is 7.98. The van der Waals surface area contributed by atoms with Crippen molar-refractivity contribution in [3.05, 3.63) is 23.8 Å². The average Bonchev–Trinajstić information content (AvgIpc) is 2.12. The maximum Gasteiger partial charge on any atom is 0.119 e. The summed E-state index contributed by atoms with van der Waals surface area (Å²) in [6, 6.07) is 4.21. The number of hydrogen-bond donors (Lipinski definition) is 4. The van der Waals surface area contributed by atoms with E-state index < -0.39 is 0 Å². The molecule has 0 saturated heterocycles. The van der Waals surface area contributed by atoms with E-state index >= 15 is 0 Å². The molecule has 1 atom stereocenters. The molecule has 14 heavy (non-hydrogen) atoms. The fourth-order valence-electron chi connectivity index (χ4n) is 1.34. The number of hydrogen-bond acceptors (Lipinski definition) is 4. The van der Waals surface area contributed by atoms with Crippen LogP contribution in [0.3, 0.4) is 0 Å². The van der Waals surface area contributed by atoms with Gasteiger partial charge in [0, 0.05) is 12.1 Å². The standard InChI is InChI=1S/C10H16N2O2/c11-3-1-2-10(12)7-4-8(13)6-9(14)5-7/h4-6,10,13-14H,1-3,11-12H2/t10-/m0/s1. The van der Waals surface area contributed by atoms with Crippen molar-refractivity contribution in [2.24, 2.45) is 11.5 Å². The van der Waals surface area contributed by atoms with E-state index in [9.17, 15) is 10.2 Å². The molecule has 0 saturated carbocycles. The third kappa shape index (κ3) is 2.90. The molecule has 4 heteroatoms. The molecule has 0 bridgehead atoms. The van der Waals surface area contributed by atoms with Crippen LogP contribution < -0.4 is 11.5 Å². The lowest BCUT2D eigenvalue weighted by Gasteiger charge is -2.11. The number of aromatic hydroxyl groups is 2. The molecule has 1 rings (SSSR count). The van der Waals surface area contributed by atoms with Crippen LogP contribution in [0.5, 0.6) is 11.5 Å². The highest BCUT2D eigenvalue weighted by Crippen LogP contribution is 2.25. The summed E-state index contributed by atoms with van der Waals surface area (Å²) in [6.45, 7) is 0.596. The van der Waals surface area contributed by atoms with Crippen LogP contribution in [0.4, 0.5) is 0 Å². The Hall–Kier alpha value is -1.26. The molecule has 0 aromatic heterocycles. The lowest BCUT2D eigenvalue weighted by molar-refractivity contribution is 0.447. The van der Waals surface area contributed by atoms with Crippen molar-refractivity contribution < 1.29 is 10.2 Å². The van der Waals surface area contributed by atoms with E-state index in [1.165, 1.54) is 6.07 Å². The van der Waals surface area contributed by atoms with Crippen LogP contribution in [0.15, 0.2) is 18.2 Å². The van der Waals surface area contributed by atoms with Crippen molar-refractivity contribution >= 4 is 0 Å². The molecule has 0 unspecified atom stereocenters. The first-order valence-corrected chi connectivity index (χ1v) is 4.62. The van der Waals surface area contributed by atoms with E-state index in [1.54, 1.807) is 12.1 Å². The highest BCUT2D eigenvalue weighted by Gasteiger charge is 2.07. The summed E-state index contributed by atoms with van der Waals surface area (Å²) in [5, 5.41) is 18.5. The van der Waals surface area contributed by atoms with Crippen LogP contribution in [0, 0.1) is 0 Å². The van der Waals surface area contributed by atoms with Gasteiger partial charge in [0.25, 0.3) is 0 Å². The maximum absolute atomic E-state index is 9.23. The summed E-state index contributed by atoms with van der Waals surface area (Å²) in [5.74, 6) is 0.0615. The van der Waals surface area contributed by atoms with Crippen LogP contribution >= 0.6 is 0 Å². The molecule has 0 aliphatic rings. The van der Waals surface area contributed by atoms with Crippen LogP contribution in [-0.2, 0) is 0 Å². The van der Waals surface area contributed by atoms with Gasteiger partial charge in [-0.25, -0.2) is 0 Å². The molecule has 0 heterocycles. The zero-order valence-electron chi connectivity index (χ0n) is 7.98. The SMILES string of the molecule is NCCC[C@H](N)c1cc(O)cc(O)c1. The Balaban J connectivity index is 2.73. The minimum Gasteiger partial charge on any atom is -0.508 e. The second-order valence-electron chi connectivity index (χ2n) is 3.32. The third-order valence-corrected chi connectivity index (χ3v) is 2.07. The van der Waals surface area contributed by atoms with Gasteiger partial charge in [0.1, 0.15) is 11.5 Å². The minimum absolute atomic E-state index is 0.0307. The molecular formula is C10H16N2O2. The maximum atomic E-state index is 9.23. The van der Waals surface area contributed by atoms with Crippen LogP contribution in [-0.4, -0.2) is 16.8 Å². The fourth-order valence-corrected chi connectivity index (χ4v) is 1.34. The quantitative estimate of drug-likeness (QED) is 0.574. The topological polar surface area (TPSA) is 92.5 Å². The normalized spacial score (nSPS) is 12.7. The molecule has 0 aliphatic heterocycles. The van der Waals surface area contributed by atoms with Gasteiger partial charge in [-0.3, -0.25) is 0 Å². The highest BCUT2D eigenvalue weighted by molar-refractivity contribution is 5.37. The molecule has 0 fully saturated rings. The Kier molecular flexibility index (Phi) is 3.73. The third-order valence-electron chi connectivity index (χ3n) is 2.07. The fraction of sp³-hybridized carbons (Fsp3) is 0.400. The van der Waals surface area contributed by atoms with E-state index in [-0.39, 0.29) is 17.5 Å². The van der Waals surface area contributed by atoms with Gasteiger partial charge in [0.05, 0.1) is 0 Å². The first kappa shape index (κ1) is 10.8. The lowest BCUT2D eigenvalue weighted by Crippen LogP contribution is -2.12. The van der Waals surface area contributed by atoms with Gasteiger partial charge in [-0.15, -0.1) is 0 Å². The molecule has 0 aliphatic carbocycles. The minimum atomic E-state index is -0.184. The smallest absolute Gasteiger partial charge is 0.119 e. The Morgan fingerprint density at radius 3 is 2.21 bits per heavy atom. The lowest BCUT2D eigenvalue weighted by atomic mass is 10.0. The Morgan fingerprint density at radius 1 is 1.14 bits per heavy atom. The molecule has 1 aromatic carbocycles. The summed E-state index contributed by atoms with van der Waals surface area (Å²) >= 11 is 0. The van der Waals surface area contributed by atoms with E-state index in [0.717, 1.165) is 18.4 Å². The van der Waals surface area contributed by atoms with Gasteiger partial charge in [0.2, 0.25) is 0 Å².